The highest BCUT2D eigenvalue weighted by Gasteiger charge is 2.41. The minimum Gasteiger partial charge on any atom is -0.481 e. The minimum absolute atomic E-state index is 0.00595. The number of carboxylic acids is 5. The fourth-order valence-electron chi connectivity index (χ4n) is 12.2. The van der Waals surface area contributed by atoms with Crippen LogP contribution in [-0.2, 0) is 106 Å². The lowest BCUT2D eigenvalue weighted by molar-refractivity contribution is -0.141. The fraction of sp³-hybridized carbons (Fsp3) is 0.474. The summed E-state index contributed by atoms with van der Waals surface area (Å²) in [4.78, 5) is 166. The molecule has 0 saturated heterocycles. The SMILES string of the molecule is CCOCCNC(=O)[C@H](Cc1ccc(/C(C)=N/OCCNC(=O)CCCCCN2/C(=C/C=C/C=C/C=C/C3=Nc4ccc(S(=O)O)cc4C3(C)C)C(C)(C)c3cc(S(=O)(=O)O)ccc32)cc1)NC(=O)[C@@H](CCC(=O)O)NC(=O)[C@@H](CCC(=O)O)NC(=O)[C@@H](CCC(=O)O)CC(=O)[C@@H](CCC(=O)O)NC(=O)[C@H](N)CCC(=O)O. The van der Waals surface area contributed by atoms with Gasteiger partial charge in [-0.15, -0.1) is 0 Å². The number of fused-ring (bicyclic) bond motifs is 2. The maximum Gasteiger partial charge on any atom is 0.303 e. The van der Waals surface area contributed by atoms with Crippen LogP contribution in [0.4, 0.5) is 11.4 Å². The van der Waals surface area contributed by atoms with Crippen molar-refractivity contribution in [2.75, 3.05) is 44.4 Å². The highest BCUT2D eigenvalue weighted by atomic mass is 32.2. The van der Waals surface area contributed by atoms with Crippen molar-refractivity contribution in [3.05, 3.63) is 131 Å². The first-order valence-electron chi connectivity index (χ1n) is 36.3. The Hall–Kier alpha value is -10.7. The molecule has 5 rings (SSSR count). The Balaban J connectivity index is 1.19. The third-order valence-corrected chi connectivity index (χ3v) is 20.0. The molecule has 2 aliphatic rings. The number of ketones is 1. The number of nitrogens with two attached hydrogens (primary N) is 1. The summed E-state index contributed by atoms with van der Waals surface area (Å²) in [7, 11) is -4.50. The monoisotopic (exact) mass is 1600 g/mol. The second-order valence-corrected chi connectivity index (χ2v) is 30.0. The summed E-state index contributed by atoms with van der Waals surface area (Å²) in [5, 5.41) is 66.3. The number of hydrogen-bond acceptors (Lipinski definition) is 21. The van der Waals surface area contributed by atoms with E-state index in [2.05, 4.69) is 42.0 Å². The van der Waals surface area contributed by atoms with E-state index >= 15 is 0 Å². The van der Waals surface area contributed by atoms with E-state index < -0.39 is 198 Å². The Bertz CT molecular complexity index is 4250. The van der Waals surface area contributed by atoms with Gasteiger partial charge in [0.15, 0.2) is 16.9 Å². The molecule has 36 heteroatoms. The summed E-state index contributed by atoms with van der Waals surface area (Å²) in [5.74, 6) is -15.2. The van der Waals surface area contributed by atoms with Crippen molar-refractivity contribution in [1.82, 2.24) is 31.9 Å². The zero-order chi connectivity index (χ0) is 83.0. The summed E-state index contributed by atoms with van der Waals surface area (Å²) < 4.78 is 61.1. The van der Waals surface area contributed by atoms with Crippen LogP contribution in [0, 0.1) is 5.92 Å². The molecule has 0 aliphatic carbocycles. The number of aliphatic carboxylic acids is 5. The Labute approximate surface area is 650 Å². The number of hydrogen-bond donors (Lipinski definition) is 14. The minimum atomic E-state index is -4.50. The first kappa shape index (κ1) is 91.9. The summed E-state index contributed by atoms with van der Waals surface area (Å²) in [6, 6.07) is 7.94. The molecule has 15 N–H and O–H groups in total. The molecule has 2 heterocycles. The van der Waals surface area contributed by atoms with Crippen LogP contribution >= 0.6 is 0 Å². The number of oxime groups is 1. The average Bonchev–Trinajstić information content (AvgIpc) is 1.60. The molecule has 2 aliphatic heterocycles. The van der Waals surface area contributed by atoms with Crippen LogP contribution in [-0.4, -0.2) is 199 Å². The van der Waals surface area contributed by atoms with Crippen LogP contribution in [0.3, 0.4) is 0 Å². The van der Waals surface area contributed by atoms with Crippen LogP contribution in [0.5, 0.6) is 0 Å². The highest BCUT2D eigenvalue weighted by Crippen LogP contribution is 2.49. The molecule has 7 atom stereocenters. The number of amides is 6. The molecule has 0 fully saturated rings. The second-order valence-electron chi connectivity index (χ2n) is 27.6. The van der Waals surface area contributed by atoms with Gasteiger partial charge in [-0.3, -0.25) is 67.1 Å². The quantitative estimate of drug-likeness (QED) is 0.00861. The van der Waals surface area contributed by atoms with Gasteiger partial charge in [0.05, 0.1) is 52.1 Å². The molecule has 0 saturated carbocycles. The molecule has 0 spiro atoms. The molecular formula is C76H100N10O24S2. The number of rotatable bonds is 50. The van der Waals surface area contributed by atoms with Crippen LogP contribution in [0.25, 0.3) is 0 Å². The largest absolute Gasteiger partial charge is 0.481 e. The van der Waals surface area contributed by atoms with E-state index in [1.165, 1.54) is 12.1 Å². The average molecular weight is 1600 g/mol. The van der Waals surface area contributed by atoms with Crippen LogP contribution in [0.15, 0.2) is 129 Å². The van der Waals surface area contributed by atoms with Crippen LogP contribution in [0.1, 0.15) is 160 Å². The van der Waals surface area contributed by atoms with Crippen molar-refractivity contribution < 1.29 is 114 Å². The van der Waals surface area contributed by atoms with Gasteiger partial charge in [0, 0.05) is 99.2 Å². The summed E-state index contributed by atoms with van der Waals surface area (Å²) in [6.07, 6.45) is 7.80. The molecule has 0 radical (unpaired) electrons. The maximum absolute atomic E-state index is 14.3. The van der Waals surface area contributed by atoms with Gasteiger partial charge >= 0.3 is 29.8 Å². The third-order valence-electron chi connectivity index (χ3n) is 18.5. The van der Waals surface area contributed by atoms with Gasteiger partial charge in [-0.25, -0.2) is 4.21 Å². The standard InChI is InChI=1S/C76H100N10O24S2/c1-7-109-40-37-79-72(101)59(84-74(103)58(30-36-69(97)98)83-73(102)57(29-35-68(95)96)82-70(99)49(23-32-65(89)90)43-61(87)56(28-34-67(93)94)81-71(100)54(77)26-33-66(91)92)42-47-19-21-48(22-20-47)46(2)85-110-41-38-78-64(88)18-14-11-15-39-86-60-31-25-51(112(106,107)108)45-53(60)76(5,6)63(86)17-13-10-8-9-12-16-62-75(3,4)52-44-50(111(104)105)24-27-55(52)80-62/h8-10,12-13,16-17,19-22,24-25,27,31,44-45,49,54,56-59H,7,11,14-15,18,23,26,28-30,32-43,77H2,1-6H3,(H,78,88)(H,79,101)(H,81,100)(H,82,99)(H,83,102)(H,84,103)(H,89,90)(H,91,92)(H,93,94)(H,95,96)(H,97,98)(H,104,105)(H,106,107,108)/b9-8+,13-10+,16-12+,63-17+,85-46+/t49-,54+,56+,57+,58+,59-/m0/s1. The van der Waals surface area contributed by atoms with E-state index in [4.69, 9.17) is 25.4 Å². The lowest BCUT2D eigenvalue weighted by Crippen LogP contribution is -2.57. The number of unbranched alkanes of at least 4 members (excludes halogenated alkanes) is 2. The summed E-state index contributed by atoms with van der Waals surface area (Å²) >= 11 is -2.12. The van der Waals surface area contributed by atoms with E-state index in [9.17, 15) is 99.7 Å². The lowest BCUT2D eigenvalue weighted by atomic mass is 9.81. The van der Waals surface area contributed by atoms with Gasteiger partial charge in [-0.05, 0) is 130 Å². The number of carboxylic acid groups (broad SMARTS) is 5. The normalized spacial score (nSPS) is 15.9. The molecule has 112 heavy (non-hydrogen) atoms. The number of aliphatic imine (C=N–C) groups is 1. The number of nitrogens with zero attached hydrogens (tertiary/aromatic N) is 3. The van der Waals surface area contributed by atoms with E-state index in [1.807, 2.05) is 70.2 Å². The van der Waals surface area contributed by atoms with Gasteiger partial charge in [-0.1, -0.05) is 93.9 Å². The van der Waals surface area contributed by atoms with Crippen molar-refractivity contribution in [3.8, 4) is 0 Å². The number of carbonyl (C=O) groups excluding carboxylic acids is 7. The van der Waals surface area contributed by atoms with E-state index in [-0.39, 0.29) is 56.4 Å². The van der Waals surface area contributed by atoms with Crippen molar-refractivity contribution in [2.24, 2.45) is 21.8 Å². The zero-order valence-corrected chi connectivity index (χ0v) is 64.8. The van der Waals surface area contributed by atoms with Gasteiger partial charge in [-0.2, -0.15) is 8.42 Å². The maximum atomic E-state index is 14.3. The highest BCUT2D eigenvalue weighted by molar-refractivity contribution is 7.85. The number of ether oxygens (including phenoxy) is 1. The van der Waals surface area contributed by atoms with Gasteiger partial charge in [0.2, 0.25) is 35.4 Å². The Morgan fingerprint density at radius 1 is 0.616 bits per heavy atom. The predicted octanol–water partition coefficient (Wildman–Crippen LogP) is 5.21. The molecule has 0 aromatic heterocycles. The smallest absolute Gasteiger partial charge is 0.303 e. The summed E-state index contributed by atoms with van der Waals surface area (Å²) in [5.41, 5.74) is 10.9. The van der Waals surface area contributed by atoms with Crippen LogP contribution in [0.2, 0.25) is 0 Å². The first-order chi connectivity index (χ1) is 52.8. The fourth-order valence-corrected chi connectivity index (χ4v) is 13.1. The molecule has 610 valence electrons. The third kappa shape index (κ3) is 29.5. The molecule has 6 amide bonds. The molecule has 0 bridgehead atoms. The number of allylic oxidation sites excluding steroid dienone is 8. The number of anilines is 1. The number of carbonyl (C=O) groups is 12. The molecular weight excluding hydrogens is 1500 g/mol. The molecule has 1 unspecified atom stereocenters. The molecule has 3 aromatic rings. The second kappa shape index (κ2) is 44.4. The summed E-state index contributed by atoms with van der Waals surface area (Å²) in [6.45, 7) is 12.4. The van der Waals surface area contributed by atoms with E-state index in [0.29, 0.717) is 59.7 Å². The van der Waals surface area contributed by atoms with Gasteiger partial charge in [0.25, 0.3) is 10.1 Å². The number of benzene rings is 3. The van der Waals surface area contributed by atoms with E-state index in [0.717, 1.165) is 28.3 Å². The van der Waals surface area contributed by atoms with Gasteiger partial charge < -0.3 is 82.2 Å². The Morgan fingerprint density at radius 2 is 1.18 bits per heavy atom. The molecule has 34 nitrogen and oxygen atoms in total. The Morgan fingerprint density at radius 3 is 1.79 bits per heavy atom. The zero-order valence-electron chi connectivity index (χ0n) is 63.1. The van der Waals surface area contributed by atoms with Crippen molar-refractivity contribution in [2.45, 2.75) is 195 Å². The van der Waals surface area contributed by atoms with E-state index in [1.54, 1.807) is 62.4 Å². The first-order valence-corrected chi connectivity index (χ1v) is 38.8. The van der Waals surface area contributed by atoms with Crippen molar-refractivity contribution in [3.63, 3.8) is 0 Å². The van der Waals surface area contributed by atoms with Gasteiger partial charge in [0.1, 0.15) is 24.7 Å². The number of nitrogens with one attached hydrogen (secondary N) is 6. The van der Waals surface area contributed by atoms with Crippen LogP contribution < -0.4 is 42.5 Å². The van der Waals surface area contributed by atoms with Crippen molar-refractivity contribution in [1.29, 1.82) is 0 Å². The lowest BCUT2D eigenvalue weighted by Gasteiger charge is -2.27. The molecule has 3 aromatic carbocycles. The predicted molar refractivity (Wildman–Crippen MR) is 410 cm³/mol. The van der Waals surface area contributed by atoms with Crippen molar-refractivity contribution >= 4 is 115 Å². The Kier molecular flexibility index (Phi) is 36.4. The topological polar surface area (TPSA) is 542 Å². The number of Topliss-reactive ketones (excluding diaryl/α,β-unsaturated/α-hetero) is 1.